The molecule has 152 valence electrons. The van der Waals surface area contributed by atoms with Crippen LogP contribution in [0.15, 0.2) is 52.8 Å². The van der Waals surface area contributed by atoms with Crippen LogP contribution in [-0.2, 0) is 12.7 Å². The molecule has 0 spiro atoms. The van der Waals surface area contributed by atoms with Crippen LogP contribution in [-0.4, -0.2) is 10.6 Å². The molecular weight excluding hydrogens is 446 g/mol. The molecule has 0 atom stereocenters. The average Bonchev–Trinajstić information content (AvgIpc) is 2.99. The first-order valence-corrected chi connectivity index (χ1v) is 9.89. The quantitative estimate of drug-likeness (QED) is 0.514. The fourth-order valence-electron chi connectivity index (χ4n) is 2.60. The first kappa shape index (κ1) is 21.4. The van der Waals surface area contributed by atoms with Gasteiger partial charge >= 0.3 is 12.2 Å². The van der Waals surface area contributed by atoms with Crippen molar-refractivity contribution in [1.82, 2.24) is 9.88 Å². The van der Waals surface area contributed by atoms with Crippen LogP contribution >= 0.6 is 34.5 Å². The Morgan fingerprint density at radius 3 is 2.34 bits per heavy atom. The zero-order valence-electron chi connectivity index (χ0n) is 14.9. The smallest absolute Gasteiger partial charge is 0.332 e. The lowest BCUT2D eigenvalue weighted by atomic mass is 10.2. The predicted octanol–water partition coefficient (Wildman–Crippen LogP) is 5.98. The number of amides is 2. The lowest BCUT2D eigenvalue weighted by Crippen LogP contribution is -2.24. The standard InChI is InChI=1S/C19H14Cl2F3N3OS/c1-11-10-29-18(27(11)16-4-2-13(3-5-16)19(22,23)24)26-17(28)25-9-12-6-14(20)8-15(21)7-12/h2-8,10H,9H2,1H3,(H,25,28). The van der Waals surface area contributed by atoms with Crippen molar-refractivity contribution in [3.63, 3.8) is 0 Å². The van der Waals surface area contributed by atoms with Gasteiger partial charge in [-0.3, -0.25) is 4.57 Å². The number of carbonyl (C=O) groups is 1. The van der Waals surface area contributed by atoms with Crippen molar-refractivity contribution in [2.75, 3.05) is 0 Å². The van der Waals surface area contributed by atoms with E-state index in [0.717, 1.165) is 17.8 Å². The molecule has 1 N–H and O–H groups in total. The van der Waals surface area contributed by atoms with Gasteiger partial charge < -0.3 is 5.32 Å². The summed E-state index contributed by atoms with van der Waals surface area (Å²) in [6, 6.07) is 9.00. The number of aromatic nitrogens is 1. The lowest BCUT2D eigenvalue weighted by Gasteiger charge is -2.09. The van der Waals surface area contributed by atoms with Crippen molar-refractivity contribution in [1.29, 1.82) is 0 Å². The highest BCUT2D eigenvalue weighted by atomic mass is 35.5. The molecule has 0 fully saturated rings. The Morgan fingerprint density at radius 1 is 1.14 bits per heavy atom. The number of alkyl halides is 3. The molecule has 29 heavy (non-hydrogen) atoms. The molecule has 1 heterocycles. The third-order valence-electron chi connectivity index (χ3n) is 3.89. The fraction of sp³-hybridized carbons (Fsp3) is 0.158. The maximum absolute atomic E-state index is 12.8. The van der Waals surface area contributed by atoms with Crippen LogP contribution in [0.3, 0.4) is 0 Å². The minimum atomic E-state index is -4.41. The van der Waals surface area contributed by atoms with E-state index in [9.17, 15) is 18.0 Å². The third kappa shape index (κ3) is 5.41. The summed E-state index contributed by atoms with van der Waals surface area (Å²) in [4.78, 5) is 16.6. The molecule has 10 heteroatoms. The van der Waals surface area contributed by atoms with E-state index in [2.05, 4.69) is 10.3 Å². The van der Waals surface area contributed by atoms with E-state index in [-0.39, 0.29) is 6.54 Å². The summed E-state index contributed by atoms with van der Waals surface area (Å²) < 4.78 is 39.9. The maximum atomic E-state index is 12.8. The van der Waals surface area contributed by atoms with Crippen LogP contribution in [0.2, 0.25) is 10.0 Å². The van der Waals surface area contributed by atoms with Gasteiger partial charge in [0, 0.05) is 33.4 Å². The summed E-state index contributed by atoms with van der Waals surface area (Å²) in [6.07, 6.45) is -4.41. The van der Waals surface area contributed by atoms with Crippen LogP contribution in [0.25, 0.3) is 5.69 Å². The molecular formula is C19H14Cl2F3N3OS. The number of hydrogen-bond acceptors (Lipinski definition) is 2. The Bertz CT molecular complexity index is 1080. The normalized spacial score (nSPS) is 12.3. The van der Waals surface area contributed by atoms with Gasteiger partial charge in [0.15, 0.2) is 4.80 Å². The Balaban J connectivity index is 1.82. The van der Waals surface area contributed by atoms with E-state index < -0.39 is 17.8 Å². The van der Waals surface area contributed by atoms with Gasteiger partial charge in [0.25, 0.3) is 0 Å². The molecule has 3 rings (SSSR count). The van der Waals surface area contributed by atoms with Gasteiger partial charge in [-0.15, -0.1) is 11.3 Å². The molecule has 0 saturated carbocycles. The summed E-state index contributed by atoms with van der Waals surface area (Å²) in [7, 11) is 0. The van der Waals surface area contributed by atoms with Gasteiger partial charge in [0.1, 0.15) is 0 Å². The molecule has 0 unspecified atom stereocenters. The van der Waals surface area contributed by atoms with Gasteiger partial charge in [0.2, 0.25) is 0 Å². The van der Waals surface area contributed by atoms with Gasteiger partial charge in [-0.1, -0.05) is 23.2 Å². The second-order valence-corrected chi connectivity index (χ2v) is 7.80. The fourth-order valence-corrected chi connectivity index (χ4v) is 4.04. The van der Waals surface area contributed by atoms with E-state index in [0.29, 0.717) is 26.1 Å². The Kier molecular flexibility index (Phi) is 6.36. The molecule has 0 radical (unpaired) electrons. The van der Waals surface area contributed by atoms with Crippen molar-refractivity contribution in [2.45, 2.75) is 19.6 Å². The largest absolute Gasteiger partial charge is 0.416 e. The van der Waals surface area contributed by atoms with Crippen molar-refractivity contribution >= 4 is 40.6 Å². The second kappa shape index (κ2) is 8.61. The second-order valence-electron chi connectivity index (χ2n) is 6.09. The van der Waals surface area contributed by atoms with Gasteiger partial charge in [0.05, 0.1) is 5.56 Å². The van der Waals surface area contributed by atoms with Crippen LogP contribution in [0.1, 0.15) is 16.8 Å². The van der Waals surface area contributed by atoms with E-state index in [1.807, 2.05) is 0 Å². The Morgan fingerprint density at radius 2 is 1.76 bits per heavy atom. The molecule has 1 aromatic heterocycles. The van der Waals surface area contributed by atoms with Crippen LogP contribution in [0.5, 0.6) is 0 Å². The summed E-state index contributed by atoms with van der Waals surface area (Å²) >= 11 is 13.1. The van der Waals surface area contributed by atoms with Crippen molar-refractivity contribution in [2.24, 2.45) is 4.99 Å². The maximum Gasteiger partial charge on any atom is 0.416 e. The lowest BCUT2D eigenvalue weighted by molar-refractivity contribution is -0.137. The number of carbonyl (C=O) groups excluding carboxylic acids is 1. The van der Waals surface area contributed by atoms with Crippen molar-refractivity contribution < 1.29 is 18.0 Å². The summed E-state index contributed by atoms with van der Waals surface area (Å²) in [6.45, 7) is 1.95. The number of nitrogens with zero attached hydrogens (tertiary/aromatic N) is 2. The van der Waals surface area contributed by atoms with E-state index in [1.165, 1.54) is 23.5 Å². The number of hydrogen-bond donors (Lipinski definition) is 1. The molecule has 0 aliphatic heterocycles. The third-order valence-corrected chi connectivity index (χ3v) is 5.28. The number of thiazole rings is 1. The molecule has 0 bridgehead atoms. The number of rotatable bonds is 3. The number of urea groups is 1. The number of aryl methyl sites for hydroxylation is 1. The molecule has 2 aromatic carbocycles. The van der Waals surface area contributed by atoms with Crippen LogP contribution in [0, 0.1) is 6.92 Å². The number of halogens is 5. The van der Waals surface area contributed by atoms with Gasteiger partial charge in [-0.2, -0.15) is 18.2 Å². The van der Waals surface area contributed by atoms with E-state index >= 15 is 0 Å². The summed E-state index contributed by atoms with van der Waals surface area (Å²) in [5.41, 5.74) is 1.18. The highest BCUT2D eigenvalue weighted by Crippen LogP contribution is 2.29. The highest BCUT2D eigenvalue weighted by Gasteiger charge is 2.30. The Labute approximate surface area is 178 Å². The SMILES string of the molecule is Cc1csc(=NC(=O)NCc2cc(Cl)cc(Cl)c2)n1-c1ccc(C(F)(F)F)cc1. The number of benzene rings is 2. The average molecular weight is 460 g/mol. The van der Waals surface area contributed by atoms with Crippen LogP contribution in [0.4, 0.5) is 18.0 Å². The van der Waals surface area contributed by atoms with Gasteiger partial charge in [-0.05, 0) is 55.0 Å². The predicted molar refractivity (Wildman–Crippen MR) is 108 cm³/mol. The molecule has 0 saturated heterocycles. The van der Waals surface area contributed by atoms with E-state index in [4.69, 9.17) is 23.2 Å². The monoisotopic (exact) mass is 459 g/mol. The molecule has 0 aliphatic carbocycles. The topological polar surface area (TPSA) is 46.4 Å². The van der Waals surface area contributed by atoms with Crippen molar-refractivity contribution in [3.8, 4) is 5.69 Å². The highest BCUT2D eigenvalue weighted by molar-refractivity contribution is 7.07. The van der Waals surface area contributed by atoms with Gasteiger partial charge in [-0.25, -0.2) is 4.79 Å². The molecule has 4 nitrogen and oxygen atoms in total. The van der Waals surface area contributed by atoms with E-state index in [1.54, 1.807) is 35.1 Å². The summed E-state index contributed by atoms with van der Waals surface area (Å²) in [5.74, 6) is 0. The minimum Gasteiger partial charge on any atom is -0.332 e. The molecule has 2 amide bonds. The first-order chi connectivity index (χ1) is 13.6. The summed E-state index contributed by atoms with van der Waals surface area (Å²) in [5, 5.41) is 5.31. The Hall–Kier alpha value is -2.29. The molecule has 0 aliphatic rings. The zero-order chi connectivity index (χ0) is 21.2. The number of nitrogens with one attached hydrogen (secondary N) is 1. The zero-order valence-corrected chi connectivity index (χ0v) is 17.3. The molecule has 3 aromatic rings. The van der Waals surface area contributed by atoms with Crippen molar-refractivity contribution in [3.05, 3.63) is 79.5 Å². The minimum absolute atomic E-state index is 0.174. The first-order valence-electron chi connectivity index (χ1n) is 8.26. The van der Waals surface area contributed by atoms with Crippen LogP contribution < -0.4 is 10.1 Å².